The van der Waals surface area contributed by atoms with Crippen LogP contribution in [0.15, 0.2) is 522 Å². The van der Waals surface area contributed by atoms with Crippen molar-refractivity contribution in [3.8, 4) is 89.8 Å². The Morgan fingerprint density at radius 3 is 0.681 bits per heavy atom. The van der Waals surface area contributed by atoms with E-state index in [0.717, 1.165) is 28.4 Å². The van der Waals surface area contributed by atoms with E-state index in [4.69, 9.17) is 0 Å². The van der Waals surface area contributed by atoms with Crippen LogP contribution in [0.4, 0.5) is 0 Å². The molecule has 6 nitrogen and oxygen atoms in total. The maximum Gasteiger partial charge on any atom is 0.0788 e. The van der Waals surface area contributed by atoms with Crippen LogP contribution in [0.25, 0.3) is 253 Å². The molecule has 138 heavy (non-hydrogen) atoms. The van der Waals surface area contributed by atoms with Crippen molar-refractivity contribution in [2.75, 3.05) is 0 Å². The number of aromatic nitrogens is 6. The average molecular weight is 1760 g/mol. The summed E-state index contributed by atoms with van der Waals surface area (Å²) in [6.45, 7) is 0. The van der Waals surface area contributed by atoms with Crippen LogP contribution in [0.2, 0.25) is 0 Å². The van der Waals surface area contributed by atoms with Gasteiger partial charge in [0.15, 0.2) is 0 Å². The maximum atomic E-state index is 2.44. The normalized spacial score (nSPS) is 11.8. The van der Waals surface area contributed by atoms with Gasteiger partial charge in [0, 0.05) is 106 Å². The molecule has 0 spiro atoms. The third kappa shape index (κ3) is 12.7. The van der Waals surface area contributed by atoms with Crippen molar-refractivity contribution in [3.05, 3.63) is 522 Å². The third-order valence-electron chi connectivity index (χ3n) is 28.5. The lowest BCUT2D eigenvalue weighted by Gasteiger charge is -2.19. The molecule has 0 saturated carbocycles. The van der Waals surface area contributed by atoms with Crippen LogP contribution >= 0.6 is 0 Å². The topological polar surface area (TPSA) is 29.6 Å². The summed E-state index contributed by atoms with van der Waals surface area (Å²) in [5.74, 6) is 0. The second kappa shape index (κ2) is 32.8. The maximum absolute atomic E-state index is 2.44. The first kappa shape index (κ1) is 79.4. The Labute approximate surface area is 796 Å². The van der Waals surface area contributed by atoms with Crippen molar-refractivity contribution >= 4 is 163 Å². The van der Waals surface area contributed by atoms with E-state index in [0.29, 0.717) is 0 Å². The highest BCUT2D eigenvalue weighted by atomic mass is 15.1. The summed E-state index contributed by atoms with van der Waals surface area (Å²) in [5.41, 5.74) is 30.5. The van der Waals surface area contributed by atoms with Crippen LogP contribution < -0.4 is 0 Å². The Morgan fingerprint density at radius 2 is 0.355 bits per heavy atom. The minimum atomic E-state index is 1.14. The van der Waals surface area contributed by atoms with E-state index in [1.807, 2.05) is 0 Å². The minimum absolute atomic E-state index is 1.14. The van der Waals surface area contributed by atoms with Gasteiger partial charge < -0.3 is 27.4 Å². The van der Waals surface area contributed by atoms with E-state index in [1.165, 1.54) is 224 Å². The highest BCUT2D eigenvalue weighted by Gasteiger charge is 2.27. The van der Waals surface area contributed by atoms with E-state index in [-0.39, 0.29) is 0 Å². The molecule has 0 radical (unpaired) electrons. The molecule has 0 aliphatic rings. The van der Waals surface area contributed by atoms with E-state index in [1.54, 1.807) is 0 Å². The smallest absolute Gasteiger partial charge is 0.0788 e. The molecule has 23 aromatic carbocycles. The van der Waals surface area contributed by atoms with Gasteiger partial charge >= 0.3 is 0 Å². The first-order valence-electron chi connectivity index (χ1n) is 47.5. The zero-order valence-electron chi connectivity index (χ0n) is 75.3. The predicted molar refractivity (Wildman–Crippen MR) is 585 cm³/mol. The minimum Gasteiger partial charge on any atom is -0.315 e. The molecule has 6 heteroatoms. The lowest BCUT2D eigenvalue weighted by atomic mass is 9.86. The fourth-order valence-electron chi connectivity index (χ4n) is 22.8. The Balaban J connectivity index is 0.000000105. The average Bonchev–Trinajstić information content (AvgIpc) is 1.55. The molecule has 0 atom stereocenters. The van der Waals surface area contributed by atoms with Gasteiger partial charge in [-0.25, -0.2) is 0 Å². The molecule has 0 unspecified atom stereocenters. The molecule has 6 heterocycles. The zero-order valence-corrected chi connectivity index (χ0v) is 75.3. The summed E-state index contributed by atoms with van der Waals surface area (Å²) in [5, 5.41) is 26.4. The first-order valence-corrected chi connectivity index (χ1v) is 47.5. The molecule has 0 fully saturated rings. The lowest BCUT2D eigenvalue weighted by molar-refractivity contribution is 1.12. The molecule has 644 valence electrons. The molecule has 29 aromatic rings. The second-order valence-corrected chi connectivity index (χ2v) is 36.0. The van der Waals surface area contributed by atoms with Gasteiger partial charge in [0.05, 0.1) is 55.3 Å². The molecule has 0 saturated heterocycles. The van der Waals surface area contributed by atoms with Crippen molar-refractivity contribution in [3.63, 3.8) is 0 Å². The third-order valence-corrected chi connectivity index (χ3v) is 28.5. The Bertz CT molecular complexity index is 9680. The van der Waals surface area contributed by atoms with Crippen molar-refractivity contribution in [2.24, 2.45) is 0 Å². The summed E-state index contributed by atoms with van der Waals surface area (Å²) in [6, 6.07) is 183. The summed E-state index contributed by atoms with van der Waals surface area (Å²) < 4.78 is 14.5. The van der Waals surface area contributed by atoms with Gasteiger partial charge in [0.25, 0.3) is 0 Å². The molecule has 0 aliphatic heterocycles. The second-order valence-electron chi connectivity index (χ2n) is 36.0. The Hall–Kier alpha value is -18.4. The highest BCUT2D eigenvalue weighted by molar-refractivity contribution is 6.27. The SMILES string of the molecule is c1ccc(-c2c3ccccc3c(-c3ccc(-n4ccc5ccc6c7ccccc7n(-c7ccccc7)c6c54)cc3)c3ccccc23)cc1.c1ccc(-c2c3ccccc3c(-c3cccc(-n4ccc5ccc6c7ccccc7n(-c7ccccc7)c6c54)c3)c3ccccc23)cc1.c1ccc(-c2c3ccccc3c(-n3ccc4ccc5c6ccccc6n(-c6ccccc6)c5c43)c3ccccc23)cc1. The molecule has 0 amide bonds. The van der Waals surface area contributed by atoms with Gasteiger partial charge in [-0.1, -0.05) is 406 Å². The number of para-hydroxylation sites is 6. The Kier molecular flexibility index (Phi) is 18.9. The van der Waals surface area contributed by atoms with Crippen LogP contribution in [-0.4, -0.2) is 27.4 Å². The number of benzene rings is 23. The first-order chi connectivity index (χ1) is 68.6. The van der Waals surface area contributed by atoms with Gasteiger partial charge in [0.1, 0.15) is 0 Å². The van der Waals surface area contributed by atoms with Crippen molar-refractivity contribution in [1.82, 2.24) is 27.4 Å². The van der Waals surface area contributed by atoms with Gasteiger partial charge in [0.2, 0.25) is 0 Å². The number of hydrogen-bond donors (Lipinski definition) is 0. The van der Waals surface area contributed by atoms with Crippen LogP contribution in [0, 0.1) is 0 Å². The van der Waals surface area contributed by atoms with Crippen LogP contribution in [0.1, 0.15) is 0 Å². The number of rotatable bonds is 11. The number of hydrogen-bond acceptors (Lipinski definition) is 0. The van der Waals surface area contributed by atoms with Crippen LogP contribution in [0.5, 0.6) is 0 Å². The fraction of sp³-hybridized carbons (Fsp3) is 0. The predicted octanol–water partition coefficient (Wildman–Crippen LogP) is 35.4. The molecule has 0 bridgehead atoms. The monoisotopic (exact) mass is 1750 g/mol. The standard InChI is InChI=1S/2C46H30N2.C40H26N2/c1-3-14-31(15-4-1)43-37-21-7-9-23-39(37)44(40-24-10-8-22-38(40)43)33-16-13-19-35(30-33)47-29-28-32-26-27-41-36-20-11-12-25-42(36)48(46(41)45(32)47)34-17-5-2-6-18-34;1-3-13-31(14-4-1)43-37-18-7-9-20-39(37)44(40-21-10-8-19-38(40)43)32-23-26-34(27-24-32)47-30-29-33-25-28-41-36-17-11-12-22-42(36)48(46(41)45(33)47)35-15-5-2-6-16-35;1-3-13-27(14-4-1)37-31-18-7-9-20-33(31)39(34-21-10-8-19-32(34)37)41-26-25-28-23-24-35-30-17-11-12-22-36(30)42(40(35)38(28)41)29-15-5-2-6-16-29/h2*1-30H;1-26H. The highest BCUT2D eigenvalue weighted by Crippen LogP contribution is 2.51. The van der Waals surface area contributed by atoms with Gasteiger partial charge in [-0.05, 0) is 207 Å². The van der Waals surface area contributed by atoms with Crippen LogP contribution in [-0.2, 0) is 0 Å². The summed E-state index contributed by atoms with van der Waals surface area (Å²) in [6.07, 6.45) is 6.70. The molecule has 0 N–H and O–H groups in total. The fourth-order valence-corrected chi connectivity index (χ4v) is 22.8. The summed E-state index contributed by atoms with van der Waals surface area (Å²) >= 11 is 0. The lowest BCUT2D eigenvalue weighted by Crippen LogP contribution is -2.00. The van der Waals surface area contributed by atoms with Crippen LogP contribution in [0.3, 0.4) is 0 Å². The van der Waals surface area contributed by atoms with Crippen molar-refractivity contribution in [2.45, 2.75) is 0 Å². The van der Waals surface area contributed by atoms with E-state index in [2.05, 4.69) is 550 Å². The van der Waals surface area contributed by atoms with Gasteiger partial charge in [-0.2, -0.15) is 0 Å². The van der Waals surface area contributed by atoms with Crippen molar-refractivity contribution < 1.29 is 0 Å². The summed E-state index contributed by atoms with van der Waals surface area (Å²) in [4.78, 5) is 0. The summed E-state index contributed by atoms with van der Waals surface area (Å²) in [7, 11) is 0. The van der Waals surface area contributed by atoms with E-state index < -0.39 is 0 Å². The van der Waals surface area contributed by atoms with E-state index in [9.17, 15) is 0 Å². The number of fused-ring (bicyclic) bond motifs is 21. The molecular weight excluding hydrogens is 1670 g/mol. The zero-order chi connectivity index (χ0) is 90.8. The van der Waals surface area contributed by atoms with Crippen molar-refractivity contribution in [1.29, 1.82) is 0 Å². The van der Waals surface area contributed by atoms with Gasteiger partial charge in [-0.3, -0.25) is 0 Å². The molecule has 6 aromatic heterocycles. The van der Waals surface area contributed by atoms with Gasteiger partial charge in [-0.15, -0.1) is 0 Å². The van der Waals surface area contributed by atoms with E-state index >= 15 is 0 Å². The molecule has 29 rings (SSSR count). The number of nitrogens with zero attached hydrogens (tertiary/aromatic N) is 6. The quantitative estimate of drug-likeness (QED) is 0.116. The largest absolute Gasteiger partial charge is 0.315 e. The Morgan fingerprint density at radius 1 is 0.123 bits per heavy atom. The molecular formula is C132H86N6. The molecule has 0 aliphatic carbocycles.